The molecule has 2 rings (SSSR count). The molecule has 0 spiro atoms. The van der Waals surface area contributed by atoms with E-state index in [0.29, 0.717) is 25.6 Å². The Hall–Kier alpha value is -0.980. The van der Waals surface area contributed by atoms with Gasteiger partial charge in [-0.3, -0.25) is 9.88 Å². The summed E-state index contributed by atoms with van der Waals surface area (Å²) >= 11 is 0. The highest BCUT2D eigenvalue weighted by atomic mass is 32.2. The molecule has 1 aromatic rings. The maximum atomic E-state index is 11.9. The number of nitrogens with zero attached hydrogens (tertiary/aromatic N) is 3. The Balaban J connectivity index is 1.90. The van der Waals surface area contributed by atoms with Gasteiger partial charge in [0.15, 0.2) is 0 Å². The van der Waals surface area contributed by atoms with Crippen LogP contribution in [0, 0.1) is 0 Å². The topological polar surface area (TPSA) is 53.5 Å². The quantitative estimate of drug-likeness (QED) is 0.762. The summed E-state index contributed by atoms with van der Waals surface area (Å²) in [7, 11) is -3.02. The molecule has 1 aromatic heterocycles. The molecule has 1 aliphatic heterocycles. The average Bonchev–Trinajstić information content (AvgIpc) is 2.36. The molecule has 0 aromatic carbocycles. The predicted molar refractivity (Wildman–Crippen MR) is 79.8 cm³/mol. The van der Waals surface area contributed by atoms with E-state index >= 15 is 0 Å². The van der Waals surface area contributed by atoms with Gasteiger partial charge in [0, 0.05) is 38.1 Å². The molecule has 1 saturated heterocycles. The van der Waals surface area contributed by atoms with Gasteiger partial charge in [0.25, 0.3) is 0 Å². The molecule has 0 atom stereocenters. The van der Waals surface area contributed by atoms with Crippen molar-refractivity contribution in [1.29, 1.82) is 0 Å². The van der Waals surface area contributed by atoms with Crippen LogP contribution in [0.5, 0.6) is 0 Å². The molecule has 0 N–H and O–H groups in total. The Labute approximate surface area is 121 Å². The van der Waals surface area contributed by atoms with Crippen LogP contribution >= 0.6 is 0 Å². The first-order valence-electron chi connectivity index (χ1n) is 7.17. The SMILES string of the molecule is CCCS(=O)(=O)N1CC(N(CC)Cc2ccncc2)C1. The maximum Gasteiger partial charge on any atom is 0.214 e. The van der Waals surface area contributed by atoms with Crippen molar-refractivity contribution in [2.45, 2.75) is 32.9 Å². The van der Waals surface area contributed by atoms with Crippen LogP contribution in [0.2, 0.25) is 0 Å². The predicted octanol–water partition coefficient (Wildman–Crippen LogP) is 1.33. The van der Waals surface area contributed by atoms with Gasteiger partial charge in [-0.25, -0.2) is 8.42 Å². The van der Waals surface area contributed by atoms with E-state index in [0.717, 1.165) is 13.1 Å². The second-order valence-corrected chi connectivity index (χ2v) is 7.29. The molecule has 112 valence electrons. The van der Waals surface area contributed by atoms with Crippen LogP contribution in [0.25, 0.3) is 0 Å². The molecule has 20 heavy (non-hydrogen) atoms. The number of hydrogen-bond donors (Lipinski definition) is 0. The second-order valence-electron chi connectivity index (χ2n) is 5.21. The van der Waals surface area contributed by atoms with Crippen LogP contribution < -0.4 is 0 Å². The molecule has 2 heterocycles. The number of hydrogen-bond acceptors (Lipinski definition) is 4. The van der Waals surface area contributed by atoms with Crippen molar-refractivity contribution in [2.24, 2.45) is 0 Å². The van der Waals surface area contributed by atoms with Gasteiger partial charge < -0.3 is 0 Å². The zero-order valence-electron chi connectivity index (χ0n) is 12.2. The van der Waals surface area contributed by atoms with Gasteiger partial charge in [0.05, 0.1) is 5.75 Å². The molecule has 5 nitrogen and oxygen atoms in total. The molecular formula is C14H23N3O2S. The minimum atomic E-state index is -3.02. The lowest BCUT2D eigenvalue weighted by molar-refractivity contribution is 0.0863. The van der Waals surface area contributed by atoms with Crippen molar-refractivity contribution in [3.8, 4) is 0 Å². The minimum absolute atomic E-state index is 0.260. The fourth-order valence-corrected chi connectivity index (χ4v) is 4.06. The lowest BCUT2D eigenvalue weighted by Gasteiger charge is -2.44. The molecule has 0 unspecified atom stereocenters. The van der Waals surface area contributed by atoms with Gasteiger partial charge in [-0.05, 0) is 30.7 Å². The van der Waals surface area contributed by atoms with Gasteiger partial charge in [-0.2, -0.15) is 4.31 Å². The minimum Gasteiger partial charge on any atom is -0.294 e. The van der Waals surface area contributed by atoms with Gasteiger partial charge >= 0.3 is 0 Å². The Morgan fingerprint density at radius 3 is 2.50 bits per heavy atom. The molecule has 0 radical (unpaired) electrons. The van der Waals surface area contributed by atoms with Crippen LogP contribution in [-0.4, -0.2) is 54.0 Å². The van der Waals surface area contributed by atoms with Gasteiger partial charge in [0.2, 0.25) is 10.0 Å². The van der Waals surface area contributed by atoms with Crippen LogP contribution in [0.1, 0.15) is 25.8 Å². The normalized spacial score (nSPS) is 17.4. The van der Waals surface area contributed by atoms with E-state index in [1.165, 1.54) is 5.56 Å². The second kappa shape index (κ2) is 6.65. The molecule has 0 bridgehead atoms. The van der Waals surface area contributed by atoms with Gasteiger partial charge in [-0.1, -0.05) is 13.8 Å². The first kappa shape index (κ1) is 15.4. The lowest BCUT2D eigenvalue weighted by Crippen LogP contribution is -2.61. The van der Waals surface area contributed by atoms with Crippen molar-refractivity contribution in [3.63, 3.8) is 0 Å². The summed E-state index contributed by atoms with van der Waals surface area (Å²) in [5.41, 5.74) is 1.22. The smallest absolute Gasteiger partial charge is 0.214 e. The van der Waals surface area contributed by atoms with Crippen LogP contribution in [0.3, 0.4) is 0 Å². The van der Waals surface area contributed by atoms with E-state index in [2.05, 4.69) is 16.8 Å². The van der Waals surface area contributed by atoms with Gasteiger partial charge in [0.1, 0.15) is 0 Å². The summed E-state index contributed by atoms with van der Waals surface area (Å²) in [5, 5.41) is 0. The lowest BCUT2D eigenvalue weighted by atomic mass is 10.1. The van der Waals surface area contributed by atoms with E-state index < -0.39 is 10.0 Å². The van der Waals surface area contributed by atoms with E-state index in [-0.39, 0.29) is 5.75 Å². The molecule has 0 saturated carbocycles. The number of likely N-dealkylation sites (N-methyl/N-ethyl adjacent to an activating group) is 1. The third-order valence-corrected chi connectivity index (χ3v) is 5.75. The van der Waals surface area contributed by atoms with Crippen LogP contribution in [0.4, 0.5) is 0 Å². The third-order valence-electron chi connectivity index (χ3n) is 3.74. The molecular weight excluding hydrogens is 274 g/mol. The monoisotopic (exact) mass is 297 g/mol. The fraction of sp³-hybridized carbons (Fsp3) is 0.643. The molecule has 0 aliphatic carbocycles. The summed E-state index contributed by atoms with van der Waals surface area (Å²) in [6.45, 7) is 7.05. The molecule has 6 heteroatoms. The third kappa shape index (κ3) is 3.56. The first-order valence-corrected chi connectivity index (χ1v) is 8.78. The summed E-state index contributed by atoms with van der Waals surface area (Å²) in [5.74, 6) is 0.260. The number of sulfonamides is 1. The summed E-state index contributed by atoms with van der Waals surface area (Å²) < 4.78 is 25.5. The number of pyridine rings is 1. The Bertz CT molecular complexity index is 512. The largest absolute Gasteiger partial charge is 0.294 e. The standard InChI is InChI=1S/C14H23N3O2S/c1-3-9-20(18,19)17-11-14(12-17)16(4-2)10-13-5-7-15-8-6-13/h5-8,14H,3-4,9-12H2,1-2H3. The highest BCUT2D eigenvalue weighted by molar-refractivity contribution is 7.89. The van der Waals surface area contributed by atoms with Crippen molar-refractivity contribution in [3.05, 3.63) is 30.1 Å². The zero-order chi connectivity index (χ0) is 14.6. The van der Waals surface area contributed by atoms with Crippen molar-refractivity contribution < 1.29 is 8.42 Å². The highest BCUT2D eigenvalue weighted by Crippen LogP contribution is 2.21. The highest BCUT2D eigenvalue weighted by Gasteiger charge is 2.37. The van der Waals surface area contributed by atoms with Crippen LogP contribution in [-0.2, 0) is 16.6 Å². The Morgan fingerprint density at radius 1 is 1.30 bits per heavy atom. The van der Waals surface area contributed by atoms with Crippen molar-refractivity contribution in [1.82, 2.24) is 14.2 Å². The first-order chi connectivity index (χ1) is 9.56. The number of aromatic nitrogens is 1. The summed E-state index contributed by atoms with van der Waals surface area (Å²) in [6.07, 6.45) is 4.27. The van der Waals surface area contributed by atoms with Crippen molar-refractivity contribution in [2.75, 3.05) is 25.4 Å². The Morgan fingerprint density at radius 2 is 1.95 bits per heavy atom. The van der Waals surface area contributed by atoms with Crippen LogP contribution in [0.15, 0.2) is 24.5 Å². The van der Waals surface area contributed by atoms with Crippen molar-refractivity contribution >= 4 is 10.0 Å². The Kier molecular flexibility index (Phi) is 5.12. The average molecular weight is 297 g/mol. The van der Waals surface area contributed by atoms with E-state index in [9.17, 15) is 8.42 Å². The van der Waals surface area contributed by atoms with E-state index in [1.807, 2.05) is 19.1 Å². The molecule has 1 fully saturated rings. The number of rotatable bonds is 7. The summed E-state index contributed by atoms with van der Waals surface area (Å²) in [4.78, 5) is 6.34. The maximum absolute atomic E-state index is 11.9. The van der Waals surface area contributed by atoms with E-state index in [1.54, 1.807) is 16.7 Å². The van der Waals surface area contributed by atoms with Gasteiger partial charge in [-0.15, -0.1) is 0 Å². The molecule has 1 aliphatic rings. The molecule has 0 amide bonds. The fourth-order valence-electron chi connectivity index (χ4n) is 2.48. The summed E-state index contributed by atoms with van der Waals surface area (Å²) in [6, 6.07) is 4.35. The zero-order valence-corrected chi connectivity index (χ0v) is 13.0. The van der Waals surface area contributed by atoms with E-state index in [4.69, 9.17) is 0 Å².